The van der Waals surface area contributed by atoms with E-state index in [1.807, 2.05) is 20.8 Å². The van der Waals surface area contributed by atoms with Gasteiger partial charge >= 0.3 is 0 Å². The summed E-state index contributed by atoms with van der Waals surface area (Å²) >= 11 is 0. The number of rotatable bonds is 4. The molecule has 0 aromatic rings. The van der Waals surface area contributed by atoms with Gasteiger partial charge in [-0.2, -0.15) is 0 Å². The number of amides is 1. The smallest absolute Gasteiger partial charge is 0.221 e. The van der Waals surface area contributed by atoms with E-state index in [1.165, 1.54) is 6.42 Å². The minimum atomic E-state index is -0.133. The van der Waals surface area contributed by atoms with Gasteiger partial charge in [-0.1, -0.05) is 6.92 Å². The maximum Gasteiger partial charge on any atom is 0.221 e. The number of piperidine rings is 1. The fourth-order valence-corrected chi connectivity index (χ4v) is 2.68. The maximum atomic E-state index is 11.7. The van der Waals surface area contributed by atoms with Crippen molar-refractivity contribution in [3.8, 4) is 0 Å². The summed E-state index contributed by atoms with van der Waals surface area (Å²) < 4.78 is 0. The number of hydrogen-bond donors (Lipinski definition) is 2. The van der Waals surface area contributed by atoms with Crippen molar-refractivity contribution >= 4 is 5.91 Å². The summed E-state index contributed by atoms with van der Waals surface area (Å²) in [5.41, 5.74) is -0.133. The van der Waals surface area contributed by atoms with Gasteiger partial charge in [0.1, 0.15) is 0 Å². The Morgan fingerprint density at radius 2 is 1.95 bits per heavy atom. The third-order valence-electron chi connectivity index (χ3n) is 3.88. The minimum Gasteiger partial charge on any atom is -0.351 e. The molecule has 4 heteroatoms. The van der Waals surface area contributed by atoms with Gasteiger partial charge in [0.25, 0.3) is 0 Å². The monoisotopic (exact) mass is 269 g/mol. The molecule has 0 bridgehead atoms. The summed E-state index contributed by atoms with van der Waals surface area (Å²) in [6.07, 6.45) is 1.73. The van der Waals surface area contributed by atoms with E-state index in [9.17, 15) is 4.79 Å². The highest BCUT2D eigenvalue weighted by Crippen LogP contribution is 2.20. The molecule has 0 aromatic heterocycles. The van der Waals surface area contributed by atoms with Crippen molar-refractivity contribution in [3.05, 3.63) is 0 Å². The molecule has 1 rings (SSSR count). The van der Waals surface area contributed by atoms with Gasteiger partial charge in [0.2, 0.25) is 5.91 Å². The van der Waals surface area contributed by atoms with E-state index in [4.69, 9.17) is 0 Å². The van der Waals surface area contributed by atoms with E-state index in [0.29, 0.717) is 24.4 Å². The van der Waals surface area contributed by atoms with Crippen LogP contribution in [0.25, 0.3) is 0 Å². The molecule has 1 aliphatic heterocycles. The predicted molar refractivity (Wildman–Crippen MR) is 80.2 cm³/mol. The Morgan fingerprint density at radius 3 is 2.53 bits per heavy atom. The van der Waals surface area contributed by atoms with Crippen LogP contribution in [-0.4, -0.2) is 48.6 Å². The van der Waals surface area contributed by atoms with E-state index >= 15 is 0 Å². The fourth-order valence-electron chi connectivity index (χ4n) is 2.68. The molecule has 1 fully saturated rings. The SMILES string of the molecule is CC1CN(C)C(C)CC1NCCC(=O)NC(C)(C)C. The summed E-state index contributed by atoms with van der Waals surface area (Å²) in [5, 5.41) is 6.55. The topological polar surface area (TPSA) is 44.4 Å². The Balaban J connectivity index is 2.27. The van der Waals surface area contributed by atoms with Crippen LogP contribution < -0.4 is 10.6 Å². The van der Waals surface area contributed by atoms with Crippen LogP contribution in [0.5, 0.6) is 0 Å². The summed E-state index contributed by atoms with van der Waals surface area (Å²) in [6.45, 7) is 12.5. The number of nitrogens with one attached hydrogen (secondary N) is 2. The zero-order valence-electron chi connectivity index (χ0n) is 13.4. The van der Waals surface area contributed by atoms with Crippen LogP contribution in [0.1, 0.15) is 47.5 Å². The van der Waals surface area contributed by atoms with Crippen LogP contribution in [0.4, 0.5) is 0 Å². The van der Waals surface area contributed by atoms with Gasteiger partial charge in [0, 0.05) is 37.1 Å². The van der Waals surface area contributed by atoms with Crippen molar-refractivity contribution in [2.75, 3.05) is 20.1 Å². The maximum absolute atomic E-state index is 11.7. The first-order chi connectivity index (χ1) is 8.69. The Hall–Kier alpha value is -0.610. The zero-order valence-corrected chi connectivity index (χ0v) is 13.4. The van der Waals surface area contributed by atoms with Gasteiger partial charge in [-0.05, 0) is 47.1 Å². The molecule has 1 aliphatic rings. The highest BCUT2D eigenvalue weighted by molar-refractivity contribution is 5.76. The van der Waals surface area contributed by atoms with Crippen LogP contribution in [-0.2, 0) is 4.79 Å². The Kier molecular flexibility index (Phi) is 5.81. The number of likely N-dealkylation sites (tertiary alicyclic amines) is 1. The second-order valence-electron chi connectivity index (χ2n) is 7.11. The van der Waals surface area contributed by atoms with Gasteiger partial charge in [-0.25, -0.2) is 0 Å². The number of carbonyl (C=O) groups is 1. The molecule has 112 valence electrons. The lowest BCUT2D eigenvalue weighted by molar-refractivity contribution is -0.122. The fraction of sp³-hybridized carbons (Fsp3) is 0.933. The quantitative estimate of drug-likeness (QED) is 0.815. The highest BCUT2D eigenvalue weighted by atomic mass is 16.1. The number of nitrogens with zero attached hydrogens (tertiary/aromatic N) is 1. The van der Waals surface area contributed by atoms with Gasteiger partial charge in [-0.15, -0.1) is 0 Å². The van der Waals surface area contributed by atoms with Gasteiger partial charge in [0.05, 0.1) is 0 Å². The zero-order chi connectivity index (χ0) is 14.6. The largest absolute Gasteiger partial charge is 0.351 e. The number of carbonyl (C=O) groups excluding carboxylic acids is 1. The first-order valence-electron chi connectivity index (χ1n) is 7.43. The Morgan fingerprint density at radius 1 is 1.32 bits per heavy atom. The second kappa shape index (κ2) is 6.71. The van der Waals surface area contributed by atoms with Crippen LogP contribution in [0, 0.1) is 5.92 Å². The molecule has 4 nitrogen and oxygen atoms in total. The molecule has 0 spiro atoms. The summed E-state index contributed by atoms with van der Waals surface area (Å²) in [4.78, 5) is 14.2. The normalized spacial score (nSPS) is 29.3. The molecule has 0 aliphatic carbocycles. The molecule has 19 heavy (non-hydrogen) atoms. The first kappa shape index (κ1) is 16.4. The first-order valence-corrected chi connectivity index (χ1v) is 7.43. The van der Waals surface area contributed by atoms with Crippen LogP contribution in [0.2, 0.25) is 0 Å². The lowest BCUT2D eigenvalue weighted by Crippen LogP contribution is -2.51. The summed E-state index contributed by atoms with van der Waals surface area (Å²) in [5.74, 6) is 0.778. The van der Waals surface area contributed by atoms with Crippen molar-refractivity contribution in [1.29, 1.82) is 0 Å². The molecular weight excluding hydrogens is 238 g/mol. The minimum absolute atomic E-state index is 0.133. The summed E-state index contributed by atoms with van der Waals surface area (Å²) in [6, 6.07) is 1.16. The molecule has 1 saturated heterocycles. The lowest BCUT2D eigenvalue weighted by atomic mass is 9.90. The van der Waals surface area contributed by atoms with E-state index in [0.717, 1.165) is 13.1 Å². The molecule has 0 saturated carbocycles. The van der Waals surface area contributed by atoms with Crippen LogP contribution in [0.15, 0.2) is 0 Å². The molecule has 3 unspecified atom stereocenters. The Bertz CT molecular complexity index is 298. The summed E-state index contributed by atoms with van der Waals surface area (Å²) in [7, 11) is 2.19. The van der Waals surface area contributed by atoms with Crippen molar-refractivity contribution in [2.45, 2.75) is 65.1 Å². The number of hydrogen-bond acceptors (Lipinski definition) is 3. The molecule has 0 aromatic carbocycles. The molecular formula is C15H31N3O. The van der Waals surface area contributed by atoms with E-state index in [1.54, 1.807) is 0 Å². The van der Waals surface area contributed by atoms with E-state index in [2.05, 4.69) is 36.4 Å². The third kappa shape index (κ3) is 5.91. The molecule has 1 heterocycles. The average molecular weight is 269 g/mol. The van der Waals surface area contributed by atoms with Crippen molar-refractivity contribution < 1.29 is 4.79 Å². The van der Waals surface area contributed by atoms with Gasteiger partial charge in [0.15, 0.2) is 0 Å². The average Bonchev–Trinajstić information content (AvgIpc) is 2.22. The molecule has 2 N–H and O–H groups in total. The standard InChI is InChI=1S/C15H31N3O/c1-11-10-18(6)12(2)9-13(11)16-8-7-14(19)17-15(3,4)5/h11-13,16H,7-10H2,1-6H3,(H,17,19). The molecule has 3 atom stereocenters. The molecule has 0 radical (unpaired) electrons. The lowest BCUT2D eigenvalue weighted by Gasteiger charge is -2.40. The molecule has 1 amide bonds. The Labute approximate surface area is 118 Å². The van der Waals surface area contributed by atoms with Crippen molar-refractivity contribution in [1.82, 2.24) is 15.5 Å². The third-order valence-corrected chi connectivity index (χ3v) is 3.88. The van der Waals surface area contributed by atoms with Crippen LogP contribution in [0.3, 0.4) is 0 Å². The predicted octanol–water partition coefficient (Wildman–Crippen LogP) is 1.61. The highest BCUT2D eigenvalue weighted by Gasteiger charge is 2.28. The van der Waals surface area contributed by atoms with Gasteiger partial charge in [-0.3, -0.25) is 4.79 Å². The van der Waals surface area contributed by atoms with E-state index in [-0.39, 0.29) is 11.4 Å². The van der Waals surface area contributed by atoms with Crippen molar-refractivity contribution in [3.63, 3.8) is 0 Å². The van der Waals surface area contributed by atoms with E-state index < -0.39 is 0 Å². The van der Waals surface area contributed by atoms with Gasteiger partial charge < -0.3 is 15.5 Å². The van der Waals surface area contributed by atoms with Crippen LogP contribution >= 0.6 is 0 Å². The second-order valence-corrected chi connectivity index (χ2v) is 7.11. The van der Waals surface area contributed by atoms with Crippen molar-refractivity contribution in [2.24, 2.45) is 5.92 Å².